The van der Waals surface area contributed by atoms with Gasteiger partial charge in [0.2, 0.25) is 0 Å². The molecule has 3 N–H and O–H groups in total. The van der Waals surface area contributed by atoms with Crippen LogP contribution in [0.4, 0.5) is 9.18 Å². The lowest BCUT2D eigenvalue weighted by atomic mass is 9.93. The summed E-state index contributed by atoms with van der Waals surface area (Å²) in [5.74, 6) is 0. The molecular formula is C10H21FN2O2. The number of alkyl carbamates (subject to hydrolysis) is 1. The standard InChI is InChI=1S/C10H21FN2O2/c1-9(2,3)15-8(14)13-7-10(4,5-11)6-12/h5-7,12H2,1-4H3,(H,13,14). The van der Waals surface area contributed by atoms with Crippen LogP contribution in [0.5, 0.6) is 0 Å². The Labute approximate surface area is 90.4 Å². The lowest BCUT2D eigenvalue weighted by molar-refractivity contribution is 0.0498. The van der Waals surface area contributed by atoms with E-state index < -0.39 is 23.8 Å². The number of carbonyl (C=O) groups is 1. The van der Waals surface area contributed by atoms with Crippen LogP contribution in [0, 0.1) is 5.41 Å². The Morgan fingerprint density at radius 1 is 1.40 bits per heavy atom. The number of carbonyl (C=O) groups excluding carboxylic acids is 1. The maximum atomic E-state index is 12.6. The number of nitrogens with one attached hydrogen (secondary N) is 1. The van der Waals surface area contributed by atoms with Crippen molar-refractivity contribution < 1.29 is 13.9 Å². The molecule has 0 fully saturated rings. The number of rotatable bonds is 4. The number of nitrogens with two attached hydrogens (primary N) is 1. The van der Waals surface area contributed by atoms with Crippen LogP contribution in [-0.2, 0) is 4.74 Å². The molecule has 0 rings (SSSR count). The molecule has 1 unspecified atom stereocenters. The zero-order chi connectivity index (χ0) is 12.1. The SMILES string of the molecule is CC(CN)(CF)CNC(=O)OC(C)(C)C. The molecule has 4 nitrogen and oxygen atoms in total. The molecule has 0 spiro atoms. The molecule has 1 atom stereocenters. The highest BCUT2D eigenvalue weighted by atomic mass is 19.1. The summed E-state index contributed by atoms with van der Waals surface area (Å²) in [6.45, 7) is 6.76. The molecule has 0 aliphatic rings. The van der Waals surface area contributed by atoms with Crippen molar-refractivity contribution in [3.63, 3.8) is 0 Å². The summed E-state index contributed by atoms with van der Waals surface area (Å²) in [5.41, 5.74) is 4.14. The maximum Gasteiger partial charge on any atom is 0.407 e. The van der Waals surface area contributed by atoms with Crippen LogP contribution in [0.25, 0.3) is 0 Å². The van der Waals surface area contributed by atoms with Crippen LogP contribution in [0.2, 0.25) is 0 Å². The fraction of sp³-hybridized carbons (Fsp3) is 0.900. The predicted molar refractivity (Wildman–Crippen MR) is 57.4 cm³/mol. The van der Waals surface area contributed by atoms with Crippen molar-refractivity contribution >= 4 is 6.09 Å². The molecule has 0 radical (unpaired) electrons. The molecule has 0 saturated carbocycles. The van der Waals surface area contributed by atoms with E-state index in [-0.39, 0.29) is 13.1 Å². The molecule has 90 valence electrons. The number of alkyl halides is 1. The summed E-state index contributed by atoms with van der Waals surface area (Å²) in [5, 5.41) is 2.50. The van der Waals surface area contributed by atoms with E-state index in [0.717, 1.165) is 0 Å². The van der Waals surface area contributed by atoms with E-state index in [1.807, 2.05) is 0 Å². The summed E-state index contributed by atoms with van der Waals surface area (Å²) >= 11 is 0. The van der Waals surface area contributed by atoms with Crippen molar-refractivity contribution in [2.45, 2.75) is 33.3 Å². The highest BCUT2D eigenvalue weighted by Crippen LogP contribution is 2.14. The van der Waals surface area contributed by atoms with Gasteiger partial charge in [-0.1, -0.05) is 6.92 Å². The summed E-state index contributed by atoms with van der Waals surface area (Å²) in [7, 11) is 0. The predicted octanol–water partition coefficient (Wildman–Crippen LogP) is 1.45. The van der Waals surface area contributed by atoms with Crippen molar-refractivity contribution in [3.8, 4) is 0 Å². The highest BCUT2D eigenvalue weighted by molar-refractivity contribution is 5.67. The van der Waals surface area contributed by atoms with Crippen molar-refractivity contribution in [1.29, 1.82) is 0 Å². The molecule has 0 aliphatic heterocycles. The first-order valence-electron chi connectivity index (χ1n) is 4.95. The normalized spacial score (nSPS) is 15.6. The van der Waals surface area contributed by atoms with Gasteiger partial charge in [-0.15, -0.1) is 0 Å². The van der Waals surface area contributed by atoms with E-state index in [9.17, 15) is 9.18 Å². The van der Waals surface area contributed by atoms with Crippen molar-refractivity contribution in [2.75, 3.05) is 19.8 Å². The van der Waals surface area contributed by atoms with Gasteiger partial charge in [-0.2, -0.15) is 0 Å². The first-order chi connectivity index (χ1) is 6.72. The van der Waals surface area contributed by atoms with Gasteiger partial charge in [0.1, 0.15) is 5.60 Å². The zero-order valence-electron chi connectivity index (χ0n) is 9.89. The van der Waals surface area contributed by atoms with E-state index in [4.69, 9.17) is 10.5 Å². The molecule has 0 aromatic rings. The van der Waals surface area contributed by atoms with Crippen LogP contribution < -0.4 is 11.1 Å². The van der Waals surface area contributed by atoms with Gasteiger partial charge in [-0.3, -0.25) is 4.39 Å². The fourth-order valence-electron chi connectivity index (χ4n) is 0.774. The topological polar surface area (TPSA) is 64.3 Å². The minimum Gasteiger partial charge on any atom is -0.444 e. The molecule has 0 aromatic heterocycles. The molecular weight excluding hydrogens is 199 g/mol. The summed E-state index contributed by atoms with van der Waals surface area (Å²) in [6.07, 6.45) is -0.546. The van der Waals surface area contributed by atoms with Crippen molar-refractivity contribution in [3.05, 3.63) is 0 Å². The summed E-state index contributed by atoms with van der Waals surface area (Å²) in [6, 6.07) is 0. The quantitative estimate of drug-likeness (QED) is 0.753. The lowest BCUT2D eigenvalue weighted by Gasteiger charge is -2.26. The van der Waals surface area contributed by atoms with Gasteiger partial charge in [0.25, 0.3) is 0 Å². The first kappa shape index (κ1) is 14.2. The second-order valence-corrected chi connectivity index (χ2v) is 5.00. The largest absolute Gasteiger partial charge is 0.444 e. The Morgan fingerprint density at radius 2 is 1.93 bits per heavy atom. The van der Waals surface area contributed by atoms with Crippen molar-refractivity contribution in [1.82, 2.24) is 5.32 Å². The summed E-state index contributed by atoms with van der Waals surface area (Å²) < 4.78 is 17.6. The number of ether oxygens (including phenoxy) is 1. The van der Waals surface area contributed by atoms with Gasteiger partial charge in [0.15, 0.2) is 0 Å². The highest BCUT2D eigenvalue weighted by Gasteiger charge is 2.24. The minimum atomic E-state index is -0.711. The van der Waals surface area contributed by atoms with Crippen LogP contribution >= 0.6 is 0 Å². The van der Waals surface area contributed by atoms with Gasteiger partial charge in [-0.05, 0) is 20.8 Å². The van der Waals surface area contributed by atoms with E-state index in [0.29, 0.717) is 0 Å². The molecule has 0 aromatic carbocycles. The van der Waals surface area contributed by atoms with Crippen molar-refractivity contribution in [2.24, 2.45) is 11.1 Å². The van der Waals surface area contributed by atoms with E-state index in [1.54, 1.807) is 27.7 Å². The number of amides is 1. The van der Waals surface area contributed by atoms with Gasteiger partial charge >= 0.3 is 6.09 Å². The zero-order valence-corrected chi connectivity index (χ0v) is 9.89. The van der Waals surface area contributed by atoms with Crippen LogP contribution in [-0.4, -0.2) is 31.5 Å². The molecule has 5 heteroatoms. The maximum absolute atomic E-state index is 12.6. The smallest absolute Gasteiger partial charge is 0.407 e. The van der Waals surface area contributed by atoms with E-state index >= 15 is 0 Å². The molecule has 0 heterocycles. The Balaban J connectivity index is 4.00. The number of hydrogen-bond donors (Lipinski definition) is 2. The third-order valence-corrected chi connectivity index (χ3v) is 1.87. The Morgan fingerprint density at radius 3 is 2.27 bits per heavy atom. The average molecular weight is 220 g/mol. The minimum absolute atomic E-state index is 0.176. The number of halogens is 1. The molecule has 0 saturated heterocycles. The molecule has 15 heavy (non-hydrogen) atoms. The Hall–Kier alpha value is -0.840. The average Bonchev–Trinajstić information content (AvgIpc) is 2.12. The van der Waals surface area contributed by atoms with Gasteiger partial charge in [0, 0.05) is 18.5 Å². The third kappa shape index (κ3) is 6.28. The van der Waals surface area contributed by atoms with Gasteiger partial charge < -0.3 is 15.8 Å². The van der Waals surface area contributed by atoms with Gasteiger partial charge in [-0.25, -0.2) is 4.79 Å². The lowest BCUT2D eigenvalue weighted by Crippen LogP contribution is -2.43. The first-order valence-corrected chi connectivity index (χ1v) is 4.95. The molecule has 0 aliphatic carbocycles. The Bertz CT molecular complexity index is 210. The third-order valence-electron chi connectivity index (χ3n) is 1.87. The van der Waals surface area contributed by atoms with Crippen LogP contribution in [0.3, 0.4) is 0 Å². The van der Waals surface area contributed by atoms with Gasteiger partial charge in [0.05, 0.1) is 6.67 Å². The summed E-state index contributed by atoms with van der Waals surface area (Å²) in [4.78, 5) is 11.2. The molecule has 1 amide bonds. The van der Waals surface area contributed by atoms with E-state index in [1.165, 1.54) is 0 Å². The van der Waals surface area contributed by atoms with Crippen LogP contribution in [0.1, 0.15) is 27.7 Å². The second-order valence-electron chi connectivity index (χ2n) is 5.00. The second kappa shape index (κ2) is 5.30. The Kier molecular flexibility index (Phi) is 5.00. The monoisotopic (exact) mass is 220 g/mol. The fourth-order valence-corrected chi connectivity index (χ4v) is 0.774. The number of hydrogen-bond acceptors (Lipinski definition) is 3. The van der Waals surface area contributed by atoms with Crippen LogP contribution in [0.15, 0.2) is 0 Å². The molecule has 0 bridgehead atoms. The van der Waals surface area contributed by atoms with E-state index in [2.05, 4.69) is 5.32 Å².